The molecule has 1 aromatic carbocycles. The molecule has 0 atom stereocenters. The molecule has 0 aliphatic carbocycles. The minimum Gasteiger partial charge on any atom is -0.289 e. The number of alkyl halides is 3. The number of rotatable bonds is 2. The van der Waals surface area contributed by atoms with E-state index < -0.39 is 17.5 Å². The van der Waals surface area contributed by atoms with Crippen molar-refractivity contribution < 1.29 is 18.0 Å². The van der Waals surface area contributed by atoms with Crippen LogP contribution in [0.5, 0.6) is 0 Å². The Labute approximate surface area is 106 Å². The van der Waals surface area contributed by atoms with E-state index in [4.69, 9.17) is 0 Å². The molecule has 0 amide bonds. The molecule has 94 valence electrons. The number of carbonyl (C=O) groups is 1. The second-order valence-corrected chi connectivity index (χ2v) is 4.88. The monoisotopic (exact) mass is 270 g/mol. The maximum Gasteiger partial charge on any atom is 0.417 e. The number of carbonyl (C=O) groups excluding carboxylic acids is 1. The van der Waals surface area contributed by atoms with Crippen molar-refractivity contribution in [1.29, 1.82) is 0 Å². The normalized spacial score (nSPS) is 11.6. The molecule has 0 radical (unpaired) electrons. The molecule has 0 spiro atoms. The van der Waals surface area contributed by atoms with Crippen molar-refractivity contribution in [2.24, 2.45) is 0 Å². The van der Waals surface area contributed by atoms with Gasteiger partial charge < -0.3 is 0 Å². The molecule has 0 saturated heterocycles. The van der Waals surface area contributed by atoms with E-state index in [0.717, 1.165) is 10.9 Å². The molecule has 5 heteroatoms. The summed E-state index contributed by atoms with van der Waals surface area (Å²) >= 11 is 1.34. The average molecular weight is 270 g/mol. The number of hydrogen-bond donors (Lipinski definition) is 0. The van der Waals surface area contributed by atoms with Gasteiger partial charge in [-0.15, -0.1) is 11.3 Å². The van der Waals surface area contributed by atoms with E-state index in [2.05, 4.69) is 0 Å². The summed E-state index contributed by atoms with van der Waals surface area (Å²) in [4.78, 5) is 12.8. The van der Waals surface area contributed by atoms with Gasteiger partial charge >= 0.3 is 6.18 Å². The second-order valence-electron chi connectivity index (χ2n) is 3.76. The van der Waals surface area contributed by atoms with Gasteiger partial charge in [0.25, 0.3) is 0 Å². The minimum atomic E-state index is -4.52. The maximum absolute atomic E-state index is 12.8. The summed E-state index contributed by atoms with van der Waals surface area (Å²) in [5.41, 5.74) is -0.858. The van der Waals surface area contributed by atoms with Gasteiger partial charge in [-0.25, -0.2) is 0 Å². The van der Waals surface area contributed by atoms with Crippen LogP contribution in [0.4, 0.5) is 13.2 Å². The lowest BCUT2D eigenvalue weighted by molar-refractivity contribution is -0.137. The summed E-state index contributed by atoms with van der Waals surface area (Å²) in [6.07, 6.45) is -4.52. The fraction of sp³-hybridized carbons (Fsp3) is 0.154. The van der Waals surface area contributed by atoms with Crippen molar-refractivity contribution >= 4 is 17.1 Å². The van der Waals surface area contributed by atoms with E-state index in [9.17, 15) is 18.0 Å². The molecule has 2 aromatic rings. The van der Waals surface area contributed by atoms with Gasteiger partial charge in [-0.05, 0) is 24.4 Å². The molecule has 0 unspecified atom stereocenters. The van der Waals surface area contributed by atoms with Gasteiger partial charge in [-0.1, -0.05) is 18.2 Å². The highest BCUT2D eigenvalue weighted by Gasteiger charge is 2.35. The molecule has 1 aromatic heterocycles. The largest absolute Gasteiger partial charge is 0.417 e. The van der Waals surface area contributed by atoms with E-state index in [-0.39, 0.29) is 5.56 Å². The predicted octanol–water partition coefficient (Wildman–Crippen LogP) is 4.31. The molecule has 1 nitrogen and oxygen atoms in total. The summed E-state index contributed by atoms with van der Waals surface area (Å²) in [6, 6.07) is 6.40. The van der Waals surface area contributed by atoms with E-state index >= 15 is 0 Å². The fourth-order valence-corrected chi connectivity index (χ4v) is 2.39. The van der Waals surface area contributed by atoms with Crippen LogP contribution in [0.15, 0.2) is 35.7 Å². The zero-order chi connectivity index (χ0) is 13.3. The highest BCUT2D eigenvalue weighted by Crippen LogP contribution is 2.33. The number of aryl methyl sites for hydroxylation is 1. The first-order chi connectivity index (χ1) is 8.41. The molecular weight excluding hydrogens is 261 g/mol. The lowest BCUT2D eigenvalue weighted by atomic mass is 9.98. The summed E-state index contributed by atoms with van der Waals surface area (Å²) in [6.45, 7) is 1.72. The maximum atomic E-state index is 12.8. The second kappa shape index (κ2) is 4.57. The van der Waals surface area contributed by atoms with Crippen LogP contribution in [0.1, 0.15) is 26.4 Å². The van der Waals surface area contributed by atoms with Gasteiger partial charge in [0, 0.05) is 16.0 Å². The van der Waals surface area contributed by atoms with Crippen molar-refractivity contribution in [2.75, 3.05) is 0 Å². The number of benzene rings is 1. The van der Waals surface area contributed by atoms with Crippen molar-refractivity contribution in [3.8, 4) is 0 Å². The van der Waals surface area contributed by atoms with Crippen LogP contribution in [0, 0.1) is 6.92 Å². The Morgan fingerprint density at radius 2 is 1.78 bits per heavy atom. The third-order valence-electron chi connectivity index (χ3n) is 2.58. The molecular formula is C13H9F3OS. The molecule has 0 aliphatic heterocycles. The summed E-state index contributed by atoms with van der Waals surface area (Å²) < 4.78 is 38.4. The molecule has 0 saturated carbocycles. The number of thiophene rings is 1. The molecule has 0 fully saturated rings. The SMILES string of the molecule is Cc1sccc1C(=O)c1ccccc1C(F)(F)F. The lowest BCUT2D eigenvalue weighted by Gasteiger charge is -2.11. The standard InChI is InChI=1S/C13H9F3OS/c1-8-9(6-7-18-8)12(17)10-4-2-3-5-11(10)13(14,15)16/h2-7H,1H3. The quantitative estimate of drug-likeness (QED) is 0.743. The highest BCUT2D eigenvalue weighted by molar-refractivity contribution is 7.10. The Kier molecular flexibility index (Phi) is 3.26. The highest BCUT2D eigenvalue weighted by atomic mass is 32.1. The van der Waals surface area contributed by atoms with Crippen LogP contribution in [0.3, 0.4) is 0 Å². The van der Waals surface area contributed by atoms with E-state index in [1.165, 1.54) is 29.5 Å². The van der Waals surface area contributed by atoms with Crippen LogP contribution >= 0.6 is 11.3 Å². The van der Waals surface area contributed by atoms with Crippen molar-refractivity contribution in [3.63, 3.8) is 0 Å². The lowest BCUT2D eigenvalue weighted by Crippen LogP contribution is -2.13. The number of ketones is 1. The third kappa shape index (κ3) is 2.31. The van der Waals surface area contributed by atoms with Gasteiger partial charge in [0.05, 0.1) is 5.56 Å². The van der Waals surface area contributed by atoms with Crippen LogP contribution in [-0.4, -0.2) is 5.78 Å². The summed E-state index contributed by atoms with van der Waals surface area (Å²) in [5, 5.41) is 1.69. The first-order valence-corrected chi connectivity index (χ1v) is 6.04. The van der Waals surface area contributed by atoms with Crippen molar-refractivity contribution in [2.45, 2.75) is 13.1 Å². The van der Waals surface area contributed by atoms with Crippen molar-refractivity contribution in [1.82, 2.24) is 0 Å². The zero-order valence-electron chi connectivity index (χ0n) is 9.41. The van der Waals surface area contributed by atoms with Crippen molar-refractivity contribution in [3.05, 3.63) is 57.3 Å². The van der Waals surface area contributed by atoms with Crippen LogP contribution in [0.2, 0.25) is 0 Å². The van der Waals surface area contributed by atoms with E-state index in [1.807, 2.05) is 0 Å². The topological polar surface area (TPSA) is 17.1 Å². The molecule has 0 bridgehead atoms. The summed E-state index contributed by atoms with van der Waals surface area (Å²) in [5.74, 6) is -0.582. The molecule has 1 heterocycles. The van der Waals surface area contributed by atoms with Crippen LogP contribution in [-0.2, 0) is 6.18 Å². The third-order valence-corrected chi connectivity index (χ3v) is 3.43. The van der Waals surface area contributed by atoms with Gasteiger partial charge in [-0.2, -0.15) is 13.2 Å². The molecule has 0 N–H and O–H groups in total. The first-order valence-electron chi connectivity index (χ1n) is 5.16. The average Bonchev–Trinajstić information content (AvgIpc) is 2.73. The first kappa shape index (κ1) is 12.8. The number of halogens is 3. The van der Waals surface area contributed by atoms with Gasteiger partial charge in [0.2, 0.25) is 0 Å². The minimum absolute atomic E-state index is 0.300. The molecule has 18 heavy (non-hydrogen) atoms. The van der Waals surface area contributed by atoms with E-state index in [0.29, 0.717) is 5.56 Å². The van der Waals surface area contributed by atoms with Crippen LogP contribution in [0.25, 0.3) is 0 Å². The van der Waals surface area contributed by atoms with Crippen LogP contribution < -0.4 is 0 Å². The Hall–Kier alpha value is -1.62. The Morgan fingerprint density at radius 3 is 2.33 bits per heavy atom. The fourth-order valence-electron chi connectivity index (χ4n) is 1.69. The predicted molar refractivity (Wildman–Crippen MR) is 63.9 cm³/mol. The van der Waals surface area contributed by atoms with E-state index in [1.54, 1.807) is 18.4 Å². The Bertz CT molecular complexity index is 584. The summed E-state index contributed by atoms with van der Waals surface area (Å²) in [7, 11) is 0. The number of hydrogen-bond acceptors (Lipinski definition) is 2. The van der Waals surface area contributed by atoms with Gasteiger partial charge in [-0.3, -0.25) is 4.79 Å². The Morgan fingerprint density at radius 1 is 1.11 bits per heavy atom. The smallest absolute Gasteiger partial charge is 0.289 e. The van der Waals surface area contributed by atoms with Gasteiger partial charge in [0.1, 0.15) is 0 Å². The van der Waals surface area contributed by atoms with Gasteiger partial charge in [0.15, 0.2) is 5.78 Å². The molecule has 0 aliphatic rings. The Balaban J connectivity index is 2.53. The zero-order valence-corrected chi connectivity index (χ0v) is 10.2. The molecule has 2 rings (SSSR count).